The molecule has 0 amide bonds. The van der Waals surface area contributed by atoms with Crippen LogP contribution in [-0.4, -0.2) is 40.8 Å². The van der Waals surface area contributed by atoms with Gasteiger partial charge in [0.25, 0.3) is 0 Å². The number of guanidine groups is 1. The third-order valence-corrected chi connectivity index (χ3v) is 5.61. The summed E-state index contributed by atoms with van der Waals surface area (Å²) in [5, 5.41) is 7.59. The van der Waals surface area contributed by atoms with E-state index in [1.54, 1.807) is 31.3 Å². The van der Waals surface area contributed by atoms with Crippen LogP contribution in [0.1, 0.15) is 18.5 Å². The minimum absolute atomic E-state index is 0. The van der Waals surface area contributed by atoms with Gasteiger partial charge in [0.05, 0.1) is 17.5 Å². The van der Waals surface area contributed by atoms with Crippen molar-refractivity contribution >= 4 is 63.0 Å². The van der Waals surface area contributed by atoms with Gasteiger partial charge in [0.2, 0.25) is 0 Å². The van der Waals surface area contributed by atoms with Crippen LogP contribution in [0.2, 0.25) is 10.0 Å². The van der Waals surface area contributed by atoms with Crippen LogP contribution in [0.25, 0.3) is 0 Å². The molecule has 0 aliphatic carbocycles. The summed E-state index contributed by atoms with van der Waals surface area (Å²) >= 11 is 12.2. The summed E-state index contributed by atoms with van der Waals surface area (Å²) in [5.41, 5.74) is 0.913. The molecule has 0 radical (unpaired) electrons. The van der Waals surface area contributed by atoms with Crippen LogP contribution in [-0.2, 0) is 9.84 Å². The first-order valence-electron chi connectivity index (χ1n) is 8.55. The average Bonchev–Trinajstić information content (AvgIpc) is 2.63. The minimum Gasteiger partial charge on any atom is -0.492 e. The van der Waals surface area contributed by atoms with Crippen molar-refractivity contribution in [1.29, 1.82) is 0 Å². The van der Waals surface area contributed by atoms with Gasteiger partial charge in [0.15, 0.2) is 15.8 Å². The van der Waals surface area contributed by atoms with E-state index in [0.717, 1.165) is 5.56 Å². The van der Waals surface area contributed by atoms with Crippen LogP contribution in [0.15, 0.2) is 52.4 Å². The number of hydrogen-bond acceptors (Lipinski definition) is 4. The highest BCUT2D eigenvalue weighted by atomic mass is 127. The smallest absolute Gasteiger partial charge is 0.191 e. The molecule has 0 aromatic heterocycles. The zero-order valence-electron chi connectivity index (χ0n) is 16.3. The normalized spacial score (nSPS) is 12.7. The Morgan fingerprint density at radius 2 is 1.83 bits per heavy atom. The number of nitrogens with one attached hydrogen (secondary N) is 2. The number of nitrogens with zero attached hydrogens (tertiary/aromatic N) is 1. The second-order valence-corrected chi connectivity index (χ2v) is 8.98. The molecule has 0 saturated carbocycles. The third-order valence-electron chi connectivity index (χ3n) is 3.92. The molecule has 0 bridgehead atoms. The van der Waals surface area contributed by atoms with E-state index in [9.17, 15) is 8.42 Å². The van der Waals surface area contributed by atoms with E-state index >= 15 is 0 Å². The summed E-state index contributed by atoms with van der Waals surface area (Å²) in [6, 6.07) is 11.6. The zero-order valence-corrected chi connectivity index (χ0v) is 20.9. The standard InChI is InChI=1S/C19H23Cl2N3O3S.HI/c1-13(17-9-4-14(20)12-18(17)21)24-19(22-2)23-10-11-27-15-5-7-16(8-6-15)28(3,25)26;/h4-9,12-13H,10-11H2,1-3H3,(H2,22,23,24);1H. The largest absolute Gasteiger partial charge is 0.492 e. The highest BCUT2D eigenvalue weighted by Gasteiger charge is 2.12. The van der Waals surface area contributed by atoms with Crippen molar-refractivity contribution in [2.75, 3.05) is 26.5 Å². The third kappa shape index (κ3) is 8.19. The summed E-state index contributed by atoms with van der Waals surface area (Å²) in [4.78, 5) is 4.45. The lowest BCUT2D eigenvalue weighted by Crippen LogP contribution is -2.40. The van der Waals surface area contributed by atoms with Crippen molar-refractivity contribution in [2.24, 2.45) is 4.99 Å². The van der Waals surface area contributed by atoms with Gasteiger partial charge in [-0.2, -0.15) is 0 Å². The van der Waals surface area contributed by atoms with Crippen LogP contribution in [0.4, 0.5) is 0 Å². The molecule has 2 aromatic rings. The lowest BCUT2D eigenvalue weighted by Gasteiger charge is -2.19. The maximum Gasteiger partial charge on any atom is 0.191 e. The first kappa shape index (κ1) is 25.8. The summed E-state index contributed by atoms with van der Waals surface area (Å²) in [6.07, 6.45) is 1.17. The topological polar surface area (TPSA) is 79.8 Å². The van der Waals surface area contributed by atoms with E-state index in [4.69, 9.17) is 27.9 Å². The van der Waals surface area contributed by atoms with E-state index in [-0.39, 0.29) is 34.9 Å². The Hall–Kier alpha value is -1.23. The molecule has 29 heavy (non-hydrogen) atoms. The van der Waals surface area contributed by atoms with Gasteiger partial charge in [-0.05, 0) is 48.9 Å². The maximum absolute atomic E-state index is 11.5. The van der Waals surface area contributed by atoms with Gasteiger partial charge in [-0.25, -0.2) is 8.42 Å². The molecular weight excluding hydrogens is 548 g/mol. The second kappa shape index (κ2) is 11.8. The monoisotopic (exact) mass is 571 g/mol. The van der Waals surface area contributed by atoms with E-state index in [1.165, 1.54) is 18.4 Å². The predicted octanol–water partition coefficient (Wildman–Crippen LogP) is 4.32. The first-order chi connectivity index (χ1) is 13.2. The molecule has 1 atom stereocenters. The van der Waals surface area contributed by atoms with Crippen LogP contribution in [0.5, 0.6) is 5.75 Å². The lowest BCUT2D eigenvalue weighted by molar-refractivity contribution is 0.321. The molecule has 0 spiro atoms. The Kier molecular flexibility index (Phi) is 10.5. The summed E-state index contributed by atoms with van der Waals surface area (Å²) in [7, 11) is -1.53. The van der Waals surface area contributed by atoms with Crippen molar-refractivity contribution < 1.29 is 13.2 Å². The molecule has 6 nitrogen and oxygen atoms in total. The van der Waals surface area contributed by atoms with Gasteiger partial charge in [-0.15, -0.1) is 24.0 Å². The van der Waals surface area contributed by atoms with Crippen LogP contribution < -0.4 is 15.4 Å². The van der Waals surface area contributed by atoms with Gasteiger partial charge in [0, 0.05) is 23.3 Å². The molecule has 2 N–H and O–H groups in total. The van der Waals surface area contributed by atoms with Gasteiger partial charge in [-0.3, -0.25) is 4.99 Å². The van der Waals surface area contributed by atoms with Crippen molar-refractivity contribution in [3.8, 4) is 5.75 Å². The predicted molar refractivity (Wildman–Crippen MR) is 130 cm³/mol. The molecule has 0 aliphatic rings. The van der Waals surface area contributed by atoms with E-state index < -0.39 is 9.84 Å². The number of rotatable bonds is 7. The molecule has 0 fully saturated rings. The SMILES string of the molecule is CN=C(NCCOc1ccc(S(C)(=O)=O)cc1)NC(C)c1ccc(Cl)cc1Cl.I. The molecule has 10 heteroatoms. The number of ether oxygens (including phenoxy) is 1. The summed E-state index contributed by atoms with van der Waals surface area (Å²) < 4.78 is 28.5. The van der Waals surface area contributed by atoms with E-state index in [2.05, 4.69) is 15.6 Å². The molecule has 0 aliphatic heterocycles. The Morgan fingerprint density at radius 3 is 2.38 bits per heavy atom. The molecule has 160 valence electrons. The number of halogens is 3. The molecule has 1 unspecified atom stereocenters. The zero-order chi connectivity index (χ0) is 20.7. The quantitative estimate of drug-likeness (QED) is 0.224. The Balaban J connectivity index is 0.00000420. The Bertz CT molecular complexity index is 938. The fourth-order valence-electron chi connectivity index (χ4n) is 2.45. The molecule has 2 rings (SSSR count). The highest BCUT2D eigenvalue weighted by molar-refractivity contribution is 14.0. The molecule has 0 saturated heterocycles. The van der Waals surface area contributed by atoms with Gasteiger partial charge in [0.1, 0.15) is 12.4 Å². The average molecular weight is 572 g/mol. The molecule has 2 aromatic carbocycles. The van der Waals surface area contributed by atoms with Crippen LogP contribution >= 0.6 is 47.2 Å². The fourth-order valence-corrected chi connectivity index (χ4v) is 3.65. The first-order valence-corrected chi connectivity index (χ1v) is 11.2. The minimum atomic E-state index is -3.21. The number of aliphatic imine (C=N–C) groups is 1. The van der Waals surface area contributed by atoms with Crippen LogP contribution in [0.3, 0.4) is 0 Å². The van der Waals surface area contributed by atoms with Crippen molar-refractivity contribution in [3.05, 3.63) is 58.1 Å². The fraction of sp³-hybridized carbons (Fsp3) is 0.316. The van der Waals surface area contributed by atoms with Crippen molar-refractivity contribution in [1.82, 2.24) is 10.6 Å². The number of hydrogen-bond donors (Lipinski definition) is 2. The van der Waals surface area contributed by atoms with E-state index in [1.807, 2.05) is 13.0 Å². The van der Waals surface area contributed by atoms with E-state index in [0.29, 0.717) is 34.9 Å². The maximum atomic E-state index is 11.5. The molecular formula is C19H24Cl2IN3O3S. The second-order valence-electron chi connectivity index (χ2n) is 6.12. The highest BCUT2D eigenvalue weighted by Crippen LogP contribution is 2.26. The summed E-state index contributed by atoms with van der Waals surface area (Å²) in [6.45, 7) is 2.87. The van der Waals surface area contributed by atoms with Crippen molar-refractivity contribution in [3.63, 3.8) is 0 Å². The molecule has 0 heterocycles. The summed E-state index contributed by atoms with van der Waals surface area (Å²) in [5.74, 6) is 1.20. The Morgan fingerprint density at radius 1 is 1.17 bits per heavy atom. The van der Waals surface area contributed by atoms with Gasteiger partial charge < -0.3 is 15.4 Å². The lowest BCUT2D eigenvalue weighted by atomic mass is 10.1. The van der Waals surface area contributed by atoms with Crippen LogP contribution in [0, 0.1) is 0 Å². The number of benzene rings is 2. The van der Waals surface area contributed by atoms with Crippen molar-refractivity contribution in [2.45, 2.75) is 17.9 Å². The van der Waals surface area contributed by atoms with Gasteiger partial charge >= 0.3 is 0 Å². The Labute approximate surface area is 199 Å². The number of sulfone groups is 1. The van der Waals surface area contributed by atoms with Gasteiger partial charge in [-0.1, -0.05) is 29.3 Å².